The number of aromatic carboxylic acids is 1. The Morgan fingerprint density at radius 1 is 1.61 bits per heavy atom. The highest BCUT2D eigenvalue weighted by atomic mass is 32.2. The average Bonchev–Trinajstić information content (AvgIpc) is 2.88. The second kappa shape index (κ2) is 5.54. The number of rotatable bonds is 5. The Morgan fingerprint density at radius 3 is 3.06 bits per heavy atom. The summed E-state index contributed by atoms with van der Waals surface area (Å²) in [5.41, 5.74) is 0.0411. The molecule has 2 N–H and O–H groups in total. The molecule has 0 aliphatic rings. The first-order valence-electron chi connectivity index (χ1n) is 5.11. The molecule has 0 aliphatic carbocycles. The number of carboxylic acid groups (broad SMARTS) is 1. The van der Waals surface area contributed by atoms with E-state index >= 15 is 0 Å². The average molecular weight is 265 g/mol. The van der Waals surface area contributed by atoms with Crippen molar-refractivity contribution in [3.8, 4) is 0 Å². The van der Waals surface area contributed by atoms with Crippen LogP contribution >= 0.6 is 11.8 Å². The molecule has 0 amide bonds. The minimum absolute atomic E-state index is 0.0411. The van der Waals surface area contributed by atoms with Crippen LogP contribution in [0.1, 0.15) is 16.1 Å². The van der Waals surface area contributed by atoms with Crippen molar-refractivity contribution in [2.24, 2.45) is 0 Å². The number of hydrogen-bond donors (Lipinski definition) is 2. The molecule has 0 saturated carbocycles. The van der Waals surface area contributed by atoms with Crippen molar-refractivity contribution in [2.75, 3.05) is 11.6 Å². The van der Waals surface area contributed by atoms with Crippen molar-refractivity contribution in [2.45, 2.75) is 11.7 Å². The number of anilines is 1. The predicted octanol–water partition coefficient (Wildman–Crippen LogP) is 2.10. The molecule has 0 spiro atoms. The van der Waals surface area contributed by atoms with E-state index in [0.29, 0.717) is 23.3 Å². The number of thioether (sulfide) groups is 1. The van der Waals surface area contributed by atoms with E-state index in [2.05, 4.69) is 15.3 Å². The molecule has 2 rings (SSSR count). The van der Waals surface area contributed by atoms with Gasteiger partial charge in [-0.25, -0.2) is 14.8 Å². The van der Waals surface area contributed by atoms with Gasteiger partial charge in [0.05, 0.1) is 12.8 Å². The standard InChI is InChI=1S/C11H11N3O3S/c1-18-11-13-6-8(10(15)16)9(14-11)12-5-7-3-2-4-17-7/h2-4,6H,5H2,1H3,(H,15,16)(H,12,13,14). The van der Waals surface area contributed by atoms with E-state index in [1.165, 1.54) is 18.0 Å². The third-order valence-electron chi connectivity index (χ3n) is 2.19. The lowest BCUT2D eigenvalue weighted by molar-refractivity contribution is 0.0697. The number of carbonyl (C=O) groups is 1. The van der Waals surface area contributed by atoms with Crippen molar-refractivity contribution in [3.05, 3.63) is 35.9 Å². The fraction of sp³-hybridized carbons (Fsp3) is 0.182. The highest BCUT2D eigenvalue weighted by Crippen LogP contribution is 2.17. The Morgan fingerprint density at radius 2 is 2.44 bits per heavy atom. The van der Waals surface area contributed by atoms with Crippen molar-refractivity contribution in [3.63, 3.8) is 0 Å². The molecule has 6 nitrogen and oxygen atoms in total. The van der Waals surface area contributed by atoms with Crippen LogP contribution in [0.2, 0.25) is 0 Å². The van der Waals surface area contributed by atoms with Crippen LogP contribution in [-0.4, -0.2) is 27.3 Å². The maximum Gasteiger partial charge on any atom is 0.341 e. The van der Waals surface area contributed by atoms with Gasteiger partial charge >= 0.3 is 5.97 Å². The van der Waals surface area contributed by atoms with Crippen LogP contribution in [0.25, 0.3) is 0 Å². The third kappa shape index (κ3) is 2.80. The molecule has 0 saturated heterocycles. The topological polar surface area (TPSA) is 88.2 Å². The monoisotopic (exact) mass is 265 g/mol. The van der Waals surface area contributed by atoms with E-state index in [4.69, 9.17) is 9.52 Å². The van der Waals surface area contributed by atoms with Crippen LogP contribution < -0.4 is 5.32 Å². The van der Waals surface area contributed by atoms with E-state index in [-0.39, 0.29) is 5.56 Å². The Bertz CT molecular complexity index is 542. The van der Waals surface area contributed by atoms with Gasteiger partial charge < -0.3 is 14.8 Å². The van der Waals surface area contributed by atoms with Gasteiger partial charge in [0, 0.05) is 6.20 Å². The number of carboxylic acids is 1. The highest BCUT2D eigenvalue weighted by molar-refractivity contribution is 7.98. The molecule has 0 aliphatic heterocycles. The molecule has 2 aromatic heterocycles. The zero-order valence-electron chi connectivity index (χ0n) is 9.58. The smallest absolute Gasteiger partial charge is 0.341 e. The van der Waals surface area contributed by atoms with Crippen LogP contribution in [0.5, 0.6) is 0 Å². The molecule has 2 aromatic rings. The van der Waals surface area contributed by atoms with Gasteiger partial charge in [-0.1, -0.05) is 11.8 Å². The Hall–Kier alpha value is -2.02. The summed E-state index contributed by atoms with van der Waals surface area (Å²) < 4.78 is 5.15. The van der Waals surface area contributed by atoms with E-state index in [0.717, 1.165) is 0 Å². The number of nitrogens with zero attached hydrogens (tertiary/aromatic N) is 2. The van der Waals surface area contributed by atoms with Gasteiger partial charge in [-0.15, -0.1) is 0 Å². The number of nitrogens with one attached hydrogen (secondary N) is 1. The summed E-state index contributed by atoms with van der Waals surface area (Å²) in [6.45, 7) is 0.373. The third-order valence-corrected chi connectivity index (χ3v) is 2.75. The molecule has 2 heterocycles. The van der Waals surface area contributed by atoms with Crippen LogP contribution in [0.15, 0.2) is 34.2 Å². The molecule has 0 bridgehead atoms. The van der Waals surface area contributed by atoms with Gasteiger partial charge in [-0.05, 0) is 18.4 Å². The van der Waals surface area contributed by atoms with Gasteiger partial charge in [0.2, 0.25) is 0 Å². The summed E-state index contributed by atoms with van der Waals surface area (Å²) in [7, 11) is 0. The van der Waals surface area contributed by atoms with Crippen LogP contribution in [-0.2, 0) is 6.54 Å². The zero-order valence-corrected chi connectivity index (χ0v) is 10.4. The highest BCUT2D eigenvalue weighted by Gasteiger charge is 2.13. The van der Waals surface area contributed by atoms with Crippen molar-refractivity contribution in [1.82, 2.24) is 9.97 Å². The van der Waals surface area contributed by atoms with E-state index in [1.54, 1.807) is 18.4 Å². The lowest BCUT2D eigenvalue weighted by Gasteiger charge is -2.07. The van der Waals surface area contributed by atoms with Gasteiger partial charge in [0.1, 0.15) is 17.1 Å². The Kier molecular flexibility index (Phi) is 3.83. The van der Waals surface area contributed by atoms with Gasteiger partial charge in [0.25, 0.3) is 0 Å². The van der Waals surface area contributed by atoms with E-state index in [1.807, 2.05) is 6.26 Å². The minimum atomic E-state index is -1.07. The fourth-order valence-electron chi connectivity index (χ4n) is 1.34. The first kappa shape index (κ1) is 12.4. The second-order valence-corrected chi connectivity index (χ2v) is 4.13. The molecule has 0 aromatic carbocycles. The fourth-order valence-corrected chi connectivity index (χ4v) is 1.68. The predicted molar refractivity (Wildman–Crippen MR) is 66.8 cm³/mol. The molecule has 94 valence electrons. The lowest BCUT2D eigenvalue weighted by atomic mass is 10.3. The zero-order chi connectivity index (χ0) is 13.0. The van der Waals surface area contributed by atoms with Gasteiger partial charge in [0.15, 0.2) is 5.16 Å². The molecule has 18 heavy (non-hydrogen) atoms. The largest absolute Gasteiger partial charge is 0.477 e. The first-order valence-corrected chi connectivity index (χ1v) is 6.33. The van der Waals surface area contributed by atoms with Gasteiger partial charge in [-0.2, -0.15) is 0 Å². The molecule has 7 heteroatoms. The Labute approximate surface area is 107 Å². The van der Waals surface area contributed by atoms with Gasteiger partial charge in [-0.3, -0.25) is 0 Å². The summed E-state index contributed by atoms with van der Waals surface area (Å²) in [5, 5.41) is 12.5. The van der Waals surface area contributed by atoms with Crippen molar-refractivity contribution < 1.29 is 14.3 Å². The van der Waals surface area contributed by atoms with E-state index < -0.39 is 5.97 Å². The molecule has 0 radical (unpaired) electrons. The molecular formula is C11H11N3O3S. The van der Waals surface area contributed by atoms with Crippen molar-refractivity contribution in [1.29, 1.82) is 0 Å². The molecule has 0 atom stereocenters. The van der Waals surface area contributed by atoms with E-state index in [9.17, 15) is 4.79 Å². The Balaban J connectivity index is 2.20. The minimum Gasteiger partial charge on any atom is -0.477 e. The number of furan rings is 1. The number of aromatic nitrogens is 2. The molecule has 0 fully saturated rings. The summed E-state index contributed by atoms with van der Waals surface area (Å²) in [5.74, 6) is -0.0708. The lowest BCUT2D eigenvalue weighted by Crippen LogP contribution is -2.09. The summed E-state index contributed by atoms with van der Waals surface area (Å²) >= 11 is 1.35. The number of hydrogen-bond acceptors (Lipinski definition) is 6. The summed E-state index contributed by atoms with van der Waals surface area (Å²) in [6.07, 6.45) is 4.68. The second-order valence-electron chi connectivity index (χ2n) is 3.36. The SMILES string of the molecule is CSc1ncc(C(=O)O)c(NCc2ccco2)n1. The summed E-state index contributed by atoms with van der Waals surface area (Å²) in [4.78, 5) is 19.1. The summed E-state index contributed by atoms with van der Waals surface area (Å²) in [6, 6.07) is 3.56. The van der Waals surface area contributed by atoms with Crippen LogP contribution in [0, 0.1) is 0 Å². The van der Waals surface area contributed by atoms with Crippen LogP contribution in [0.3, 0.4) is 0 Å². The molecular weight excluding hydrogens is 254 g/mol. The normalized spacial score (nSPS) is 10.3. The maximum absolute atomic E-state index is 11.0. The quantitative estimate of drug-likeness (QED) is 0.632. The first-order chi connectivity index (χ1) is 8.70. The van der Waals surface area contributed by atoms with Crippen molar-refractivity contribution >= 4 is 23.5 Å². The maximum atomic E-state index is 11.0. The molecule has 0 unspecified atom stereocenters. The van der Waals surface area contributed by atoms with Crippen LogP contribution in [0.4, 0.5) is 5.82 Å².